The summed E-state index contributed by atoms with van der Waals surface area (Å²) < 4.78 is 0. The van der Waals surface area contributed by atoms with Gasteiger partial charge in [0.25, 0.3) is 0 Å². The van der Waals surface area contributed by atoms with Gasteiger partial charge >= 0.3 is 0 Å². The Kier molecular flexibility index (Phi) is 8.32. The number of hydrogen-bond acceptors (Lipinski definition) is 1. The molecule has 0 unspecified atom stereocenters. The molecule has 0 aromatic carbocycles. The second-order valence-corrected chi connectivity index (χ2v) is 4.91. The van der Waals surface area contributed by atoms with Crippen molar-refractivity contribution in [1.82, 2.24) is 0 Å². The highest BCUT2D eigenvalue weighted by molar-refractivity contribution is 5.80. The summed E-state index contributed by atoms with van der Waals surface area (Å²) in [6.07, 6.45) is 9.97. The van der Waals surface area contributed by atoms with Crippen LogP contribution in [0.1, 0.15) is 78.6 Å². The molecule has 0 fully saturated rings. The van der Waals surface area contributed by atoms with Crippen molar-refractivity contribution >= 4 is 5.91 Å². The predicted molar refractivity (Wildman–Crippen MR) is 70.2 cm³/mol. The minimum atomic E-state index is -0.218. The van der Waals surface area contributed by atoms with Crippen LogP contribution in [-0.2, 0) is 4.79 Å². The van der Waals surface area contributed by atoms with Gasteiger partial charge in [0.15, 0.2) is 0 Å². The van der Waals surface area contributed by atoms with Gasteiger partial charge in [-0.05, 0) is 19.3 Å². The molecule has 0 heterocycles. The zero-order valence-electron chi connectivity index (χ0n) is 11.3. The lowest BCUT2D eigenvalue weighted by Gasteiger charge is -2.29. The first-order valence-electron chi connectivity index (χ1n) is 6.92. The van der Waals surface area contributed by atoms with E-state index in [4.69, 9.17) is 5.73 Å². The normalized spacial score (nSPS) is 11.7. The lowest BCUT2D eigenvalue weighted by atomic mass is 9.75. The van der Waals surface area contributed by atoms with E-state index in [1.165, 1.54) is 25.7 Å². The van der Waals surface area contributed by atoms with E-state index < -0.39 is 0 Å². The number of hydrogen-bond donors (Lipinski definition) is 1. The molecule has 2 heteroatoms. The molecule has 2 nitrogen and oxygen atoms in total. The number of carbonyl (C=O) groups excluding carboxylic acids is 1. The third-order valence-electron chi connectivity index (χ3n) is 3.72. The van der Waals surface area contributed by atoms with E-state index in [1.54, 1.807) is 0 Å². The smallest absolute Gasteiger partial charge is 0.223 e. The van der Waals surface area contributed by atoms with Gasteiger partial charge in [-0.3, -0.25) is 4.79 Å². The molecule has 0 radical (unpaired) electrons. The largest absolute Gasteiger partial charge is 0.369 e. The highest BCUT2D eigenvalue weighted by Gasteiger charge is 2.33. The standard InChI is InChI=1S/C14H29NO/c1-4-7-9-11-14(6-3,13(15)16)12-10-8-5-2/h4-12H2,1-3H3,(H2,15,16). The Morgan fingerprint density at radius 2 is 1.38 bits per heavy atom. The second-order valence-electron chi connectivity index (χ2n) is 4.91. The number of amides is 1. The lowest BCUT2D eigenvalue weighted by molar-refractivity contribution is -0.129. The molecule has 0 atom stereocenters. The highest BCUT2D eigenvalue weighted by atomic mass is 16.1. The van der Waals surface area contributed by atoms with Crippen LogP contribution in [0.15, 0.2) is 0 Å². The van der Waals surface area contributed by atoms with E-state index in [-0.39, 0.29) is 11.3 Å². The fourth-order valence-corrected chi connectivity index (χ4v) is 2.33. The van der Waals surface area contributed by atoms with E-state index in [0.717, 1.165) is 32.1 Å². The molecule has 96 valence electrons. The molecule has 0 saturated carbocycles. The van der Waals surface area contributed by atoms with Crippen LogP contribution in [0, 0.1) is 5.41 Å². The van der Waals surface area contributed by atoms with Crippen LogP contribution in [0.2, 0.25) is 0 Å². The average Bonchev–Trinajstić information content (AvgIpc) is 2.27. The third kappa shape index (κ3) is 5.00. The Balaban J connectivity index is 4.27. The molecule has 0 spiro atoms. The summed E-state index contributed by atoms with van der Waals surface area (Å²) in [4.78, 5) is 11.7. The van der Waals surface area contributed by atoms with Crippen molar-refractivity contribution in [2.24, 2.45) is 11.1 Å². The van der Waals surface area contributed by atoms with Crippen LogP contribution in [0.25, 0.3) is 0 Å². The molecule has 0 aliphatic carbocycles. The number of unbranched alkanes of at least 4 members (excludes halogenated alkanes) is 4. The van der Waals surface area contributed by atoms with Gasteiger partial charge in [0.2, 0.25) is 5.91 Å². The molecule has 0 bridgehead atoms. The molecule has 2 N–H and O–H groups in total. The fraction of sp³-hybridized carbons (Fsp3) is 0.929. The Hall–Kier alpha value is -0.530. The first-order chi connectivity index (χ1) is 7.63. The molecule has 0 aromatic rings. The van der Waals surface area contributed by atoms with Crippen molar-refractivity contribution in [3.05, 3.63) is 0 Å². The molecule has 1 amide bonds. The van der Waals surface area contributed by atoms with Crippen molar-refractivity contribution in [1.29, 1.82) is 0 Å². The third-order valence-corrected chi connectivity index (χ3v) is 3.72. The summed E-state index contributed by atoms with van der Waals surface area (Å²) in [5.74, 6) is -0.0813. The molecule has 0 aliphatic rings. The van der Waals surface area contributed by atoms with Crippen molar-refractivity contribution in [3.63, 3.8) is 0 Å². The van der Waals surface area contributed by atoms with Gasteiger partial charge in [0.05, 0.1) is 0 Å². The number of carbonyl (C=O) groups is 1. The van der Waals surface area contributed by atoms with Gasteiger partial charge in [-0.2, -0.15) is 0 Å². The van der Waals surface area contributed by atoms with E-state index >= 15 is 0 Å². The number of nitrogens with two attached hydrogens (primary N) is 1. The van der Waals surface area contributed by atoms with Gasteiger partial charge in [0.1, 0.15) is 0 Å². The zero-order chi connectivity index (χ0) is 12.4. The van der Waals surface area contributed by atoms with Crippen LogP contribution in [0.3, 0.4) is 0 Å². The molecule has 16 heavy (non-hydrogen) atoms. The summed E-state index contributed by atoms with van der Waals surface area (Å²) in [6.45, 7) is 6.48. The van der Waals surface area contributed by atoms with Crippen molar-refractivity contribution < 1.29 is 4.79 Å². The summed E-state index contributed by atoms with van der Waals surface area (Å²) in [6, 6.07) is 0. The maximum atomic E-state index is 11.7. The Labute approximate surface area is 101 Å². The SMILES string of the molecule is CCCCCC(CC)(CCCCC)C(N)=O. The highest BCUT2D eigenvalue weighted by Crippen LogP contribution is 2.34. The Bertz CT molecular complexity index is 179. The first kappa shape index (κ1) is 15.5. The first-order valence-corrected chi connectivity index (χ1v) is 6.92. The maximum Gasteiger partial charge on any atom is 0.223 e. The minimum absolute atomic E-state index is 0.0813. The van der Waals surface area contributed by atoms with Crippen LogP contribution in [-0.4, -0.2) is 5.91 Å². The van der Waals surface area contributed by atoms with Crippen LogP contribution in [0.4, 0.5) is 0 Å². The molecule has 0 rings (SSSR count). The van der Waals surface area contributed by atoms with Gasteiger partial charge in [-0.1, -0.05) is 59.3 Å². The summed E-state index contributed by atoms with van der Waals surface area (Å²) in [5.41, 5.74) is 5.39. The van der Waals surface area contributed by atoms with E-state index in [9.17, 15) is 4.79 Å². The van der Waals surface area contributed by atoms with E-state index in [2.05, 4.69) is 20.8 Å². The molecular formula is C14H29NO. The minimum Gasteiger partial charge on any atom is -0.369 e. The second kappa shape index (κ2) is 8.60. The lowest BCUT2D eigenvalue weighted by Crippen LogP contribution is -2.36. The number of rotatable bonds is 10. The van der Waals surface area contributed by atoms with E-state index in [1.807, 2.05) is 0 Å². The quantitative estimate of drug-likeness (QED) is 0.563. The summed E-state index contributed by atoms with van der Waals surface area (Å²) in [7, 11) is 0. The van der Waals surface area contributed by atoms with Gasteiger partial charge in [0, 0.05) is 5.41 Å². The topological polar surface area (TPSA) is 43.1 Å². The van der Waals surface area contributed by atoms with Crippen LogP contribution < -0.4 is 5.73 Å². The predicted octanol–water partition coefficient (Wildman–Crippen LogP) is 4.03. The fourth-order valence-electron chi connectivity index (χ4n) is 2.33. The van der Waals surface area contributed by atoms with Gasteiger partial charge in [-0.25, -0.2) is 0 Å². The molecule has 0 aromatic heterocycles. The van der Waals surface area contributed by atoms with Crippen molar-refractivity contribution in [2.75, 3.05) is 0 Å². The zero-order valence-corrected chi connectivity index (χ0v) is 11.3. The van der Waals surface area contributed by atoms with Crippen LogP contribution >= 0.6 is 0 Å². The van der Waals surface area contributed by atoms with Crippen LogP contribution in [0.5, 0.6) is 0 Å². The van der Waals surface area contributed by atoms with Gasteiger partial charge < -0.3 is 5.73 Å². The molecule has 0 aliphatic heterocycles. The monoisotopic (exact) mass is 227 g/mol. The maximum absolute atomic E-state index is 11.7. The average molecular weight is 227 g/mol. The summed E-state index contributed by atoms with van der Waals surface area (Å²) in [5, 5.41) is 0. The Morgan fingerprint density at radius 3 is 1.62 bits per heavy atom. The molecular weight excluding hydrogens is 198 g/mol. The summed E-state index contributed by atoms with van der Waals surface area (Å²) >= 11 is 0. The molecule has 0 saturated heterocycles. The van der Waals surface area contributed by atoms with E-state index in [0.29, 0.717) is 0 Å². The van der Waals surface area contributed by atoms with Gasteiger partial charge in [-0.15, -0.1) is 0 Å². The van der Waals surface area contributed by atoms with Crippen molar-refractivity contribution in [3.8, 4) is 0 Å². The van der Waals surface area contributed by atoms with Crippen molar-refractivity contribution in [2.45, 2.75) is 78.6 Å². The number of primary amides is 1. The Morgan fingerprint density at radius 1 is 0.938 bits per heavy atom.